The summed E-state index contributed by atoms with van der Waals surface area (Å²) >= 11 is 12.3. The molecule has 1 amide bonds. The van der Waals surface area contributed by atoms with Crippen LogP contribution in [-0.2, 0) is 16.5 Å². The summed E-state index contributed by atoms with van der Waals surface area (Å²) in [5.74, 6) is -0.998. The molecule has 0 radical (unpaired) electrons. The molecular formula is C26H20Cl2N3NaO6S. The minimum Gasteiger partial charge on any atom is -0.870 e. The number of nitrogens with one attached hydrogen (secondary N) is 1. The van der Waals surface area contributed by atoms with Gasteiger partial charge in [-0.15, -0.1) is 5.11 Å². The van der Waals surface area contributed by atoms with Gasteiger partial charge in [0.05, 0.1) is 28.5 Å². The molecule has 2 N–H and O–H groups in total. The van der Waals surface area contributed by atoms with Crippen LogP contribution in [0.5, 0.6) is 11.5 Å². The Hall–Kier alpha value is -2.70. The number of amides is 1. The number of nitrogens with zero attached hydrogens (tertiary/aromatic N) is 2. The topological polar surface area (TPSA) is 140 Å². The molecule has 0 atom stereocenters. The second-order valence-electron chi connectivity index (χ2n) is 8.08. The van der Waals surface area contributed by atoms with Crippen molar-refractivity contribution in [1.29, 1.82) is 0 Å². The van der Waals surface area contributed by atoms with Crippen LogP contribution in [0.25, 0.3) is 10.8 Å². The number of hydrogen-bond donors (Lipinski definition) is 2. The Morgan fingerprint density at radius 3 is 2.41 bits per heavy atom. The SMILES string of the molecule is CCc1cc(Cl)c(S(=O)(=O)O)c(N=Nc2c([O-])c(C(=O)Nc3ccc(OC)cc3Cl)cc3ccccc23)c1.[Na+]. The summed E-state index contributed by atoms with van der Waals surface area (Å²) in [5.41, 5.74) is 0.207. The summed E-state index contributed by atoms with van der Waals surface area (Å²) < 4.78 is 38.8. The van der Waals surface area contributed by atoms with Crippen LogP contribution in [0.2, 0.25) is 10.0 Å². The van der Waals surface area contributed by atoms with Gasteiger partial charge in [-0.1, -0.05) is 60.1 Å². The molecule has 4 aromatic rings. The Balaban J connectivity index is 0.00000420. The first-order valence-corrected chi connectivity index (χ1v) is 13.3. The first-order chi connectivity index (χ1) is 18.0. The average molecular weight is 596 g/mol. The number of benzene rings is 4. The van der Waals surface area contributed by atoms with Gasteiger partial charge in [0.2, 0.25) is 0 Å². The third-order valence-corrected chi connectivity index (χ3v) is 7.32. The molecule has 0 spiro atoms. The Labute approximate surface area is 256 Å². The van der Waals surface area contributed by atoms with Crippen LogP contribution in [0.1, 0.15) is 22.8 Å². The number of azo groups is 1. The Morgan fingerprint density at radius 1 is 1.05 bits per heavy atom. The molecule has 0 aromatic heterocycles. The summed E-state index contributed by atoms with van der Waals surface area (Å²) in [6.45, 7) is 1.82. The molecule has 0 saturated carbocycles. The molecule has 0 bridgehead atoms. The minimum absolute atomic E-state index is 0. The molecule has 0 aliphatic carbocycles. The predicted molar refractivity (Wildman–Crippen MR) is 144 cm³/mol. The summed E-state index contributed by atoms with van der Waals surface area (Å²) in [6.07, 6.45) is 0.493. The van der Waals surface area contributed by atoms with E-state index in [0.717, 1.165) is 0 Å². The van der Waals surface area contributed by atoms with E-state index in [2.05, 4.69) is 15.5 Å². The van der Waals surface area contributed by atoms with E-state index >= 15 is 0 Å². The maximum Gasteiger partial charge on any atom is 1.00 e. The van der Waals surface area contributed by atoms with Crippen LogP contribution in [0.4, 0.5) is 17.1 Å². The molecule has 4 aromatic carbocycles. The van der Waals surface area contributed by atoms with Gasteiger partial charge < -0.3 is 15.2 Å². The van der Waals surface area contributed by atoms with Gasteiger partial charge in [0.15, 0.2) is 0 Å². The average Bonchev–Trinajstić information content (AvgIpc) is 2.87. The molecule has 0 aliphatic heterocycles. The third kappa shape index (κ3) is 6.72. The van der Waals surface area contributed by atoms with E-state index in [9.17, 15) is 22.9 Å². The van der Waals surface area contributed by atoms with E-state index in [1.807, 2.05) is 6.92 Å². The van der Waals surface area contributed by atoms with E-state index in [4.69, 9.17) is 27.9 Å². The van der Waals surface area contributed by atoms with Crippen LogP contribution in [-0.4, -0.2) is 26.0 Å². The van der Waals surface area contributed by atoms with E-state index in [0.29, 0.717) is 28.5 Å². The van der Waals surface area contributed by atoms with Gasteiger partial charge in [-0.2, -0.15) is 13.5 Å². The van der Waals surface area contributed by atoms with E-state index < -0.39 is 26.7 Å². The quantitative estimate of drug-likeness (QED) is 0.189. The van der Waals surface area contributed by atoms with E-state index in [1.54, 1.807) is 30.3 Å². The Morgan fingerprint density at radius 2 is 1.77 bits per heavy atom. The second kappa shape index (κ2) is 12.6. The maximum absolute atomic E-state index is 13.4. The fourth-order valence-corrected chi connectivity index (χ4v) is 5.18. The fraction of sp³-hybridized carbons (Fsp3) is 0.115. The van der Waals surface area contributed by atoms with Gasteiger partial charge >= 0.3 is 29.6 Å². The first kappa shape index (κ1) is 30.8. The molecule has 0 aliphatic rings. The molecule has 4 rings (SSSR count). The molecular weight excluding hydrogens is 576 g/mol. The van der Waals surface area contributed by atoms with Gasteiger partial charge in [0, 0.05) is 17.0 Å². The van der Waals surface area contributed by atoms with Crippen molar-refractivity contribution in [3.05, 3.63) is 81.8 Å². The smallest absolute Gasteiger partial charge is 0.870 e. The van der Waals surface area contributed by atoms with Gasteiger partial charge in [-0.3, -0.25) is 9.35 Å². The van der Waals surface area contributed by atoms with Crippen molar-refractivity contribution in [1.82, 2.24) is 0 Å². The van der Waals surface area contributed by atoms with Crippen LogP contribution < -0.4 is 44.7 Å². The number of ether oxygens (including phenoxy) is 1. The summed E-state index contributed by atoms with van der Waals surface area (Å²) in [6, 6.07) is 15.6. The Bertz CT molecular complexity index is 1710. The number of methoxy groups -OCH3 is 1. The van der Waals surface area contributed by atoms with Crippen LogP contribution in [0.15, 0.2) is 75.8 Å². The van der Waals surface area contributed by atoms with Crippen molar-refractivity contribution in [2.45, 2.75) is 18.2 Å². The number of fused-ring (bicyclic) bond motifs is 1. The maximum atomic E-state index is 13.4. The third-order valence-electron chi connectivity index (χ3n) is 5.65. The summed E-state index contributed by atoms with van der Waals surface area (Å²) in [4.78, 5) is 12.5. The van der Waals surface area contributed by atoms with Gasteiger partial charge in [0.25, 0.3) is 16.0 Å². The number of aryl methyl sites for hydroxylation is 1. The molecule has 0 fully saturated rings. The van der Waals surface area contributed by atoms with Crippen molar-refractivity contribution in [3.8, 4) is 11.5 Å². The van der Waals surface area contributed by atoms with Crippen LogP contribution in [0.3, 0.4) is 0 Å². The number of rotatable bonds is 7. The number of anilines is 1. The zero-order chi connectivity index (χ0) is 27.6. The molecule has 39 heavy (non-hydrogen) atoms. The van der Waals surface area contributed by atoms with Gasteiger partial charge in [-0.25, -0.2) is 0 Å². The van der Waals surface area contributed by atoms with Crippen LogP contribution >= 0.6 is 23.2 Å². The van der Waals surface area contributed by atoms with Gasteiger partial charge in [0.1, 0.15) is 16.3 Å². The number of carbonyl (C=O) groups is 1. The van der Waals surface area contributed by atoms with Gasteiger partial charge in [-0.05, 0) is 47.7 Å². The van der Waals surface area contributed by atoms with Crippen LogP contribution in [0, 0.1) is 0 Å². The van der Waals surface area contributed by atoms with Crippen molar-refractivity contribution in [2.24, 2.45) is 10.2 Å². The molecule has 0 saturated heterocycles. The second-order valence-corrected chi connectivity index (χ2v) is 10.3. The van der Waals surface area contributed by atoms with Crippen molar-refractivity contribution < 1.29 is 57.2 Å². The number of halogens is 2. The van der Waals surface area contributed by atoms with Crippen molar-refractivity contribution >= 4 is 67.1 Å². The zero-order valence-electron chi connectivity index (χ0n) is 21.0. The minimum atomic E-state index is -4.76. The number of hydrogen-bond acceptors (Lipinski definition) is 7. The number of carbonyl (C=O) groups excluding carboxylic acids is 1. The van der Waals surface area contributed by atoms with E-state index in [1.165, 1.54) is 37.4 Å². The largest absolute Gasteiger partial charge is 1.00 e. The molecule has 13 heteroatoms. The van der Waals surface area contributed by atoms with Crippen molar-refractivity contribution in [3.63, 3.8) is 0 Å². The molecule has 0 unspecified atom stereocenters. The molecule has 196 valence electrons. The summed E-state index contributed by atoms with van der Waals surface area (Å²) in [5, 5.41) is 24.9. The zero-order valence-corrected chi connectivity index (χ0v) is 25.4. The summed E-state index contributed by atoms with van der Waals surface area (Å²) in [7, 11) is -3.28. The Kier molecular flexibility index (Phi) is 10.0. The predicted octanol–water partition coefficient (Wildman–Crippen LogP) is 3.71. The molecule has 0 heterocycles. The van der Waals surface area contributed by atoms with E-state index in [-0.39, 0.29) is 62.2 Å². The standard InChI is InChI=1S/C26H21Cl2N3O6S.Na/c1-3-14-10-20(28)25(38(34,35)36)22(11-14)30-31-23-17-7-5-4-6-15(17)12-18(24(23)32)26(33)29-21-9-8-16(37-2)13-19(21)27;/h4-13,32H,3H2,1-2H3,(H,29,33)(H,34,35,36);/q;+1/p-1. The monoisotopic (exact) mass is 595 g/mol. The van der Waals surface area contributed by atoms with Crippen molar-refractivity contribution in [2.75, 3.05) is 12.4 Å². The fourth-order valence-electron chi connectivity index (χ4n) is 3.76. The first-order valence-electron chi connectivity index (χ1n) is 11.1. The molecule has 9 nitrogen and oxygen atoms in total. The normalized spacial score (nSPS) is 11.4.